The second kappa shape index (κ2) is 5.77. The molecule has 0 unspecified atom stereocenters. The van der Waals surface area contributed by atoms with E-state index in [4.69, 9.17) is 24.8 Å². The highest BCUT2D eigenvalue weighted by atomic mass is 16.7. The van der Waals surface area contributed by atoms with Gasteiger partial charge in [0.2, 0.25) is 0 Å². The highest BCUT2D eigenvalue weighted by Crippen LogP contribution is 2.38. The minimum atomic E-state index is -0.763. The van der Waals surface area contributed by atoms with Crippen molar-refractivity contribution in [1.29, 1.82) is 0 Å². The van der Waals surface area contributed by atoms with Gasteiger partial charge in [-0.1, -0.05) is 5.16 Å². The van der Waals surface area contributed by atoms with Crippen molar-refractivity contribution in [1.82, 2.24) is 5.43 Å². The summed E-state index contributed by atoms with van der Waals surface area (Å²) in [5.74, 6) is 0.464. The molecule has 3 aliphatic rings. The molecule has 2 bridgehead atoms. The maximum Gasteiger partial charge on any atom is 0.332 e. The van der Waals surface area contributed by atoms with Crippen molar-refractivity contribution in [3.05, 3.63) is 29.8 Å². The zero-order chi connectivity index (χ0) is 16.7. The lowest BCUT2D eigenvalue weighted by molar-refractivity contribution is -0.0812. The van der Waals surface area contributed by atoms with Gasteiger partial charge in [0.25, 0.3) is 0 Å². The molecule has 126 valence electrons. The van der Waals surface area contributed by atoms with Crippen LogP contribution in [0.5, 0.6) is 5.75 Å². The highest BCUT2D eigenvalue weighted by molar-refractivity contribution is 6.17. The van der Waals surface area contributed by atoms with E-state index in [1.165, 1.54) is 0 Å². The van der Waals surface area contributed by atoms with Crippen LogP contribution < -0.4 is 15.9 Å². The number of fused-ring (bicyclic) bond motifs is 4. The number of carbonyl (C=O) groups excluding carboxylic acids is 1. The minimum Gasteiger partial charge on any atom is -0.497 e. The zero-order valence-corrected chi connectivity index (χ0v) is 12.8. The summed E-state index contributed by atoms with van der Waals surface area (Å²) < 4.78 is 16.5. The van der Waals surface area contributed by atoms with Gasteiger partial charge in [0.05, 0.1) is 25.3 Å². The van der Waals surface area contributed by atoms with E-state index in [1.54, 1.807) is 7.11 Å². The van der Waals surface area contributed by atoms with E-state index in [0.29, 0.717) is 18.0 Å². The van der Waals surface area contributed by atoms with Crippen LogP contribution >= 0.6 is 0 Å². The van der Waals surface area contributed by atoms with E-state index in [2.05, 4.69) is 15.7 Å². The van der Waals surface area contributed by atoms with E-state index in [9.17, 15) is 4.79 Å². The van der Waals surface area contributed by atoms with Crippen molar-refractivity contribution in [2.45, 2.75) is 18.5 Å². The van der Waals surface area contributed by atoms with Crippen molar-refractivity contribution in [3.63, 3.8) is 0 Å². The van der Waals surface area contributed by atoms with Crippen LogP contribution in [0.3, 0.4) is 0 Å². The second-order valence-electron chi connectivity index (χ2n) is 5.61. The molecular weight excluding hydrogens is 316 g/mol. The average Bonchev–Trinajstić information content (AvgIpc) is 3.21. The number of nitrogens with zero attached hydrogens (tertiary/aromatic N) is 2. The van der Waals surface area contributed by atoms with Crippen LogP contribution in [0, 0.1) is 5.92 Å². The third-order valence-corrected chi connectivity index (χ3v) is 4.21. The third kappa shape index (κ3) is 2.38. The molecule has 9 nitrogen and oxygen atoms in total. The molecule has 3 N–H and O–H groups in total. The number of rotatable bonds is 3. The predicted octanol–water partition coefficient (Wildman–Crippen LogP) is 0.194. The molecule has 1 aromatic carbocycles. The number of urea groups is 1. The second-order valence-corrected chi connectivity index (χ2v) is 5.61. The van der Waals surface area contributed by atoms with E-state index in [-0.39, 0.29) is 18.1 Å². The number of nitrogens with one attached hydrogen (secondary N) is 1. The number of hydrogen-bond acceptors (Lipinski definition) is 7. The Morgan fingerprint density at radius 3 is 2.92 bits per heavy atom. The molecule has 24 heavy (non-hydrogen) atoms. The first-order valence-corrected chi connectivity index (χ1v) is 7.45. The number of ether oxygens (including phenoxy) is 3. The van der Waals surface area contributed by atoms with Gasteiger partial charge in [0, 0.05) is 5.56 Å². The predicted molar refractivity (Wildman–Crippen MR) is 82.7 cm³/mol. The molecule has 4 atom stereocenters. The van der Waals surface area contributed by atoms with Gasteiger partial charge in [-0.3, -0.25) is 0 Å². The Morgan fingerprint density at radius 2 is 2.21 bits per heavy atom. The molecule has 2 saturated heterocycles. The van der Waals surface area contributed by atoms with Gasteiger partial charge < -0.3 is 24.8 Å². The first kappa shape index (κ1) is 14.9. The van der Waals surface area contributed by atoms with Crippen molar-refractivity contribution in [3.8, 4) is 5.75 Å². The van der Waals surface area contributed by atoms with Gasteiger partial charge in [-0.05, 0) is 24.3 Å². The van der Waals surface area contributed by atoms with Crippen molar-refractivity contribution in [2.75, 3.05) is 13.7 Å². The smallest absolute Gasteiger partial charge is 0.332 e. The van der Waals surface area contributed by atoms with Gasteiger partial charge in [-0.25, -0.2) is 10.2 Å². The molecular formula is C15H16N4O5. The number of oxime groups is 1. The Morgan fingerprint density at radius 1 is 1.42 bits per heavy atom. The number of primary amides is 1. The molecule has 0 aromatic heterocycles. The molecule has 4 rings (SSSR count). The maximum absolute atomic E-state index is 11.0. The summed E-state index contributed by atoms with van der Waals surface area (Å²) in [6.07, 6.45) is -1.23. The first-order valence-electron chi connectivity index (χ1n) is 7.45. The summed E-state index contributed by atoms with van der Waals surface area (Å²) in [6, 6.07) is 6.70. The van der Waals surface area contributed by atoms with Crippen LogP contribution in [-0.2, 0) is 14.3 Å². The molecule has 0 spiro atoms. The lowest BCUT2D eigenvalue weighted by atomic mass is 9.84. The average molecular weight is 332 g/mol. The molecule has 0 radical (unpaired) electrons. The summed E-state index contributed by atoms with van der Waals surface area (Å²) in [5, 5.41) is 8.29. The Bertz CT molecular complexity index is 717. The van der Waals surface area contributed by atoms with Gasteiger partial charge in [0.15, 0.2) is 12.4 Å². The molecule has 2 fully saturated rings. The molecule has 3 aliphatic heterocycles. The number of carbonyl (C=O) groups is 1. The van der Waals surface area contributed by atoms with Crippen LogP contribution in [0.4, 0.5) is 4.79 Å². The number of methoxy groups -OCH3 is 1. The van der Waals surface area contributed by atoms with Crippen LogP contribution in [0.15, 0.2) is 34.5 Å². The lowest BCUT2D eigenvalue weighted by Gasteiger charge is -2.29. The maximum atomic E-state index is 11.0. The monoisotopic (exact) mass is 332 g/mol. The standard InChI is InChI=1S/C15H16N4O5/c1-21-8-4-2-7(3-5-8)11-10-12(17-18-15(16)20)14-22-6-9(23-14)13(10)24-19-11/h2-5,9-10,13-14H,6H2,1H3,(H3,16,18,20)/b17-12+/t9-,10-,13+,14+/m0/s1. The van der Waals surface area contributed by atoms with Gasteiger partial charge in [-0.2, -0.15) is 5.10 Å². The summed E-state index contributed by atoms with van der Waals surface area (Å²) in [5.41, 5.74) is 9.41. The van der Waals surface area contributed by atoms with Gasteiger partial charge >= 0.3 is 6.03 Å². The Kier molecular flexibility index (Phi) is 3.58. The topological polar surface area (TPSA) is 117 Å². The van der Waals surface area contributed by atoms with Crippen LogP contribution in [0.1, 0.15) is 5.56 Å². The van der Waals surface area contributed by atoms with Crippen molar-refractivity contribution < 1.29 is 23.8 Å². The SMILES string of the molecule is COc1ccc(C2=NO[C@@H]3[C@@H]4CO[C@H](O4)/C(=N/NC(N)=O)[C@H]23)cc1. The normalized spacial score (nSPS) is 32.0. The van der Waals surface area contributed by atoms with Gasteiger partial charge in [0.1, 0.15) is 17.6 Å². The fourth-order valence-corrected chi connectivity index (χ4v) is 3.11. The number of amides is 2. The molecule has 9 heteroatoms. The lowest BCUT2D eigenvalue weighted by Crippen LogP contribution is -2.49. The van der Waals surface area contributed by atoms with Crippen molar-refractivity contribution >= 4 is 17.5 Å². The number of hydrazone groups is 1. The Balaban J connectivity index is 1.69. The van der Waals surface area contributed by atoms with Crippen LogP contribution in [0.25, 0.3) is 0 Å². The third-order valence-electron chi connectivity index (χ3n) is 4.21. The van der Waals surface area contributed by atoms with E-state index in [0.717, 1.165) is 11.3 Å². The molecule has 1 aromatic rings. The van der Waals surface area contributed by atoms with E-state index in [1.807, 2.05) is 24.3 Å². The number of benzene rings is 1. The summed E-state index contributed by atoms with van der Waals surface area (Å²) in [6.45, 7) is 0.382. The molecule has 2 amide bonds. The first-order chi connectivity index (χ1) is 11.7. The molecule has 0 saturated carbocycles. The Labute approximate surface area is 137 Å². The van der Waals surface area contributed by atoms with Gasteiger partial charge in [-0.15, -0.1) is 0 Å². The fraction of sp³-hybridized carbons (Fsp3) is 0.400. The quantitative estimate of drug-likeness (QED) is 0.767. The minimum absolute atomic E-state index is 0.230. The largest absolute Gasteiger partial charge is 0.497 e. The van der Waals surface area contributed by atoms with Crippen LogP contribution in [0.2, 0.25) is 0 Å². The zero-order valence-electron chi connectivity index (χ0n) is 12.8. The number of nitrogens with two attached hydrogens (primary N) is 1. The Hall–Kier alpha value is -2.65. The molecule has 0 aliphatic carbocycles. The summed E-state index contributed by atoms with van der Waals surface area (Å²) in [7, 11) is 1.61. The fourth-order valence-electron chi connectivity index (χ4n) is 3.11. The molecule has 3 heterocycles. The summed E-state index contributed by atoms with van der Waals surface area (Å²) in [4.78, 5) is 16.6. The highest BCUT2D eigenvalue weighted by Gasteiger charge is 2.55. The van der Waals surface area contributed by atoms with Crippen LogP contribution in [-0.4, -0.2) is 49.7 Å². The summed E-state index contributed by atoms with van der Waals surface area (Å²) >= 11 is 0. The van der Waals surface area contributed by atoms with Crippen molar-refractivity contribution in [2.24, 2.45) is 21.9 Å². The number of hydrogen-bond donors (Lipinski definition) is 2. The van der Waals surface area contributed by atoms with E-state index < -0.39 is 12.3 Å². The van der Waals surface area contributed by atoms with E-state index >= 15 is 0 Å².